The summed E-state index contributed by atoms with van der Waals surface area (Å²) in [7, 11) is 0. The molecule has 0 aliphatic carbocycles. The van der Waals surface area contributed by atoms with E-state index in [2.05, 4.69) is 10.6 Å². The molecule has 6 heteroatoms. The molecule has 1 amide bonds. The zero-order chi connectivity index (χ0) is 14.7. The molecule has 1 aromatic heterocycles. The van der Waals surface area contributed by atoms with Crippen molar-refractivity contribution in [1.29, 1.82) is 0 Å². The number of carbonyl (C=O) groups excluding carboxylic acids is 1. The van der Waals surface area contributed by atoms with Crippen LogP contribution in [0.3, 0.4) is 0 Å². The van der Waals surface area contributed by atoms with Crippen LogP contribution in [0.1, 0.15) is 16.5 Å². The van der Waals surface area contributed by atoms with Gasteiger partial charge in [0.15, 0.2) is 0 Å². The van der Waals surface area contributed by atoms with Gasteiger partial charge in [-0.15, -0.1) is 23.1 Å². The summed E-state index contributed by atoms with van der Waals surface area (Å²) in [6.07, 6.45) is 0. The number of rotatable bonds is 4. The van der Waals surface area contributed by atoms with Gasteiger partial charge in [0.25, 0.3) is 0 Å². The zero-order valence-electron chi connectivity index (χ0n) is 11.2. The van der Waals surface area contributed by atoms with Crippen molar-refractivity contribution in [2.75, 3.05) is 11.6 Å². The van der Waals surface area contributed by atoms with Crippen molar-refractivity contribution in [2.45, 2.75) is 12.1 Å². The minimum atomic E-state index is -0.274. The Bertz CT molecular complexity index is 595. The van der Waals surface area contributed by atoms with Crippen molar-refractivity contribution in [3.8, 4) is 0 Å². The Morgan fingerprint density at radius 3 is 2.76 bits per heavy atom. The molecule has 2 heterocycles. The van der Waals surface area contributed by atoms with Crippen molar-refractivity contribution < 1.29 is 9.18 Å². The second-order valence-corrected chi connectivity index (χ2v) is 6.79. The lowest BCUT2D eigenvalue weighted by Gasteiger charge is -2.20. The predicted molar refractivity (Wildman–Crippen MR) is 85.0 cm³/mol. The van der Waals surface area contributed by atoms with Gasteiger partial charge in [-0.3, -0.25) is 10.1 Å². The average molecular weight is 322 g/mol. The number of carbonyl (C=O) groups is 1. The highest BCUT2D eigenvalue weighted by Gasteiger charge is 2.26. The van der Waals surface area contributed by atoms with Gasteiger partial charge in [-0.2, -0.15) is 0 Å². The topological polar surface area (TPSA) is 41.1 Å². The molecule has 1 aromatic carbocycles. The first-order valence-electron chi connectivity index (χ1n) is 6.64. The zero-order valence-corrected chi connectivity index (χ0v) is 12.8. The molecule has 0 saturated carbocycles. The highest BCUT2D eigenvalue weighted by atomic mass is 32.2. The molecule has 2 atom stereocenters. The summed E-state index contributed by atoms with van der Waals surface area (Å²) in [5.74, 6) is 1.30. The van der Waals surface area contributed by atoms with Gasteiger partial charge in [-0.25, -0.2) is 4.39 Å². The van der Waals surface area contributed by atoms with Crippen LogP contribution in [-0.4, -0.2) is 23.6 Å². The highest BCUT2D eigenvalue weighted by molar-refractivity contribution is 7.99. The summed E-state index contributed by atoms with van der Waals surface area (Å²) >= 11 is 3.29. The molecule has 1 fully saturated rings. The number of hydrogen-bond donors (Lipinski definition) is 2. The maximum Gasteiger partial charge on any atom is 0.238 e. The lowest BCUT2D eigenvalue weighted by molar-refractivity contribution is -0.122. The first-order chi connectivity index (χ1) is 10.2. The number of halogens is 1. The first-order valence-corrected chi connectivity index (χ1v) is 8.68. The molecule has 3 nitrogen and oxygen atoms in total. The molecule has 0 radical (unpaired) electrons. The van der Waals surface area contributed by atoms with Crippen LogP contribution < -0.4 is 10.6 Å². The van der Waals surface area contributed by atoms with E-state index in [-0.39, 0.29) is 23.8 Å². The maximum atomic E-state index is 13.1. The molecule has 2 unspecified atom stereocenters. The Hall–Kier alpha value is -1.37. The van der Waals surface area contributed by atoms with Gasteiger partial charge in [0.2, 0.25) is 5.91 Å². The van der Waals surface area contributed by atoms with Gasteiger partial charge >= 0.3 is 0 Å². The molecule has 1 aliphatic heterocycles. The van der Waals surface area contributed by atoms with Gasteiger partial charge in [0.1, 0.15) is 5.82 Å². The minimum absolute atomic E-state index is 0.0114. The quantitative estimate of drug-likeness (QED) is 0.909. The van der Waals surface area contributed by atoms with Crippen LogP contribution in [0.25, 0.3) is 0 Å². The number of amides is 1. The second-order valence-electron chi connectivity index (χ2n) is 4.78. The van der Waals surface area contributed by atoms with Gasteiger partial charge in [-0.05, 0) is 29.1 Å². The van der Waals surface area contributed by atoms with E-state index in [0.29, 0.717) is 0 Å². The van der Waals surface area contributed by atoms with Crippen LogP contribution in [0.5, 0.6) is 0 Å². The predicted octanol–water partition coefficient (Wildman–Crippen LogP) is 2.76. The Labute approximate surface area is 130 Å². The molecule has 1 saturated heterocycles. The van der Waals surface area contributed by atoms with Crippen molar-refractivity contribution in [2.24, 2.45) is 0 Å². The monoisotopic (exact) mass is 322 g/mol. The number of thiophene rings is 1. The maximum absolute atomic E-state index is 13.1. The molecule has 21 heavy (non-hydrogen) atoms. The lowest BCUT2D eigenvalue weighted by atomic mass is 10.0. The fraction of sp³-hybridized carbons (Fsp3) is 0.267. The molecular formula is C15H15FN2OS2. The van der Waals surface area contributed by atoms with E-state index in [1.165, 1.54) is 12.1 Å². The summed E-state index contributed by atoms with van der Waals surface area (Å²) in [6, 6.07) is 9.83. The molecule has 0 bridgehead atoms. The Morgan fingerprint density at radius 2 is 2.14 bits per heavy atom. The SMILES string of the molecule is O=C(NC(c1ccc(F)cc1)c1cccs1)C1CSCN1. The van der Waals surface area contributed by atoms with Crippen LogP contribution in [0.15, 0.2) is 41.8 Å². The molecular weight excluding hydrogens is 307 g/mol. The van der Waals surface area contributed by atoms with E-state index in [9.17, 15) is 9.18 Å². The van der Waals surface area contributed by atoms with Crippen LogP contribution in [0, 0.1) is 5.82 Å². The number of hydrogen-bond acceptors (Lipinski definition) is 4. The van der Waals surface area contributed by atoms with Crippen LogP contribution in [0.2, 0.25) is 0 Å². The second kappa shape index (κ2) is 6.60. The normalized spacial score (nSPS) is 19.4. The van der Waals surface area contributed by atoms with Gasteiger partial charge in [0, 0.05) is 16.5 Å². The highest BCUT2D eigenvalue weighted by Crippen LogP contribution is 2.26. The van der Waals surface area contributed by atoms with Gasteiger partial charge in [-0.1, -0.05) is 18.2 Å². The standard InChI is InChI=1S/C15H15FN2OS2/c16-11-5-3-10(4-6-11)14(13-2-1-7-21-13)18-15(19)12-8-20-9-17-12/h1-7,12,14,17H,8-9H2,(H,18,19). The smallest absolute Gasteiger partial charge is 0.238 e. The summed E-state index contributed by atoms with van der Waals surface area (Å²) in [5.41, 5.74) is 0.887. The third-order valence-electron chi connectivity index (χ3n) is 3.35. The third kappa shape index (κ3) is 3.45. The Kier molecular flexibility index (Phi) is 4.57. The number of benzene rings is 1. The summed E-state index contributed by atoms with van der Waals surface area (Å²) < 4.78 is 13.1. The molecule has 3 rings (SSSR count). The van der Waals surface area contributed by atoms with Crippen LogP contribution >= 0.6 is 23.1 Å². The van der Waals surface area contributed by atoms with E-state index in [1.807, 2.05) is 17.5 Å². The van der Waals surface area contributed by atoms with Gasteiger partial charge in [0.05, 0.1) is 12.1 Å². The molecule has 0 spiro atoms. The molecule has 2 N–H and O–H groups in total. The fourth-order valence-electron chi connectivity index (χ4n) is 2.24. The third-order valence-corrected chi connectivity index (χ3v) is 5.23. The largest absolute Gasteiger partial charge is 0.343 e. The fourth-order valence-corrected chi connectivity index (χ4v) is 3.98. The minimum Gasteiger partial charge on any atom is -0.343 e. The summed E-state index contributed by atoms with van der Waals surface area (Å²) in [4.78, 5) is 13.4. The van der Waals surface area contributed by atoms with Gasteiger partial charge < -0.3 is 5.32 Å². The van der Waals surface area contributed by atoms with E-state index in [4.69, 9.17) is 0 Å². The van der Waals surface area contributed by atoms with Crippen molar-refractivity contribution in [1.82, 2.24) is 10.6 Å². The van der Waals surface area contributed by atoms with Crippen molar-refractivity contribution in [3.05, 3.63) is 58.0 Å². The molecule has 110 valence electrons. The summed E-state index contributed by atoms with van der Waals surface area (Å²) in [5, 5.41) is 8.21. The average Bonchev–Trinajstić information content (AvgIpc) is 3.19. The summed E-state index contributed by atoms with van der Waals surface area (Å²) in [6.45, 7) is 0. The Balaban J connectivity index is 1.82. The molecule has 1 aliphatic rings. The van der Waals surface area contributed by atoms with E-state index < -0.39 is 0 Å². The lowest BCUT2D eigenvalue weighted by Crippen LogP contribution is -2.43. The van der Waals surface area contributed by atoms with E-state index in [0.717, 1.165) is 22.1 Å². The number of thioether (sulfide) groups is 1. The van der Waals surface area contributed by atoms with Crippen molar-refractivity contribution >= 4 is 29.0 Å². The van der Waals surface area contributed by atoms with Crippen LogP contribution in [0.4, 0.5) is 4.39 Å². The molecule has 2 aromatic rings. The van der Waals surface area contributed by atoms with Crippen LogP contribution in [-0.2, 0) is 4.79 Å². The Morgan fingerprint density at radius 1 is 1.33 bits per heavy atom. The first kappa shape index (κ1) is 14.6. The number of nitrogens with one attached hydrogen (secondary N) is 2. The van der Waals surface area contributed by atoms with E-state index in [1.54, 1.807) is 35.2 Å². The van der Waals surface area contributed by atoms with E-state index >= 15 is 0 Å². The van der Waals surface area contributed by atoms with Crippen molar-refractivity contribution in [3.63, 3.8) is 0 Å².